The number of phosphoric acid groups is 2. The number of carbonyl (C=O) groups is 4. The van der Waals surface area contributed by atoms with Crippen LogP contribution in [0.4, 0.5) is 0 Å². The van der Waals surface area contributed by atoms with Gasteiger partial charge in [0.1, 0.15) is 19.3 Å². The van der Waals surface area contributed by atoms with Crippen molar-refractivity contribution in [1.82, 2.24) is 0 Å². The lowest BCUT2D eigenvalue weighted by Gasteiger charge is -2.21. The molecule has 0 aromatic carbocycles. The van der Waals surface area contributed by atoms with Crippen LogP contribution < -0.4 is 0 Å². The highest BCUT2D eigenvalue weighted by molar-refractivity contribution is 7.47. The Kier molecular flexibility index (Phi) is 64.6. The average molecular weight is 1370 g/mol. The zero-order chi connectivity index (χ0) is 68.6. The van der Waals surface area contributed by atoms with E-state index >= 15 is 0 Å². The van der Waals surface area contributed by atoms with Crippen LogP contribution in [0.15, 0.2) is 0 Å². The summed E-state index contributed by atoms with van der Waals surface area (Å²) in [5, 5.41) is 10.6. The first-order chi connectivity index (χ1) is 44.9. The Bertz CT molecular complexity index is 1800. The third-order valence-electron chi connectivity index (χ3n) is 17.2. The first-order valence-corrected chi connectivity index (χ1v) is 41.5. The first-order valence-electron chi connectivity index (χ1n) is 38.5. The number of ether oxygens (including phenoxy) is 4. The van der Waals surface area contributed by atoms with Crippen molar-refractivity contribution in [1.29, 1.82) is 0 Å². The van der Waals surface area contributed by atoms with Crippen LogP contribution in [0, 0.1) is 11.8 Å². The molecule has 5 atom stereocenters. The number of carbonyl (C=O) groups excluding carboxylic acids is 4. The van der Waals surface area contributed by atoms with E-state index in [2.05, 4.69) is 41.5 Å². The first kappa shape index (κ1) is 91.1. The normalized spacial score (nSPS) is 14.1. The predicted octanol–water partition coefficient (Wildman–Crippen LogP) is 21.6. The monoisotopic (exact) mass is 1370 g/mol. The summed E-state index contributed by atoms with van der Waals surface area (Å²) in [6.45, 7) is 9.58. The topological polar surface area (TPSA) is 237 Å². The van der Waals surface area contributed by atoms with Crippen LogP contribution in [0.5, 0.6) is 0 Å². The van der Waals surface area contributed by atoms with Gasteiger partial charge in [-0.2, -0.15) is 0 Å². The third kappa shape index (κ3) is 68.4. The van der Waals surface area contributed by atoms with Crippen molar-refractivity contribution in [3.8, 4) is 0 Å². The molecular formula is C74H144O17P2. The average Bonchev–Trinajstić information content (AvgIpc) is 2.72. The zero-order valence-electron chi connectivity index (χ0n) is 60.6. The summed E-state index contributed by atoms with van der Waals surface area (Å²) >= 11 is 0. The van der Waals surface area contributed by atoms with Gasteiger partial charge in [-0.3, -0.25) is 37.3 Å². The van der Waals surface area contributed by atoms with Crippen LogP contribution in [-0.2, 0) is 65.4 Å². The summed E-state index contributed by atoms with van der Waals surface area (Å²) < 4.78 is 68.4. The molecule has 0 aliphatic heterocycles. The molecule has 0 aromatic rings. The molecule has 0 aliphatic rings. The molecule has 0 saturated heterocycles. The van der Waals surface area contributed by atoms with Crippen LogP contribution in [0.3, 0.4) is 0 Å². The molecule has 0 saturated carbocycles. The second-order valence-corrected chi connectivity index (χ2v) is 30.5. The van der Waals surface area contributed by atoms with E-state index < -0.39 is 97.5 Å². The SMILES string of the molecule is CCCCCCCCCCCCCCCCCC(=O)O[C@H](COC(=O)CCCCCCCCCC)COP(=O)(O)OC[C@H](O)COP(=O)(O)OC[C@@H](COC(=O)CCCCCCCCCCCCCCC(C)C)OC(=O)CCCCCCCCCCCCCCC(C)C. The highest BCUT2D eigenvalue weighted by Crippen LogP contribution is 2.45. The molecule has 0 radical (unpaired) electrons. The van der Waals surface area contributed by atoms with Crippen molar-refractivity contribution in [3.05, 3.63) is 0 Å². The number of aliphatic hydroxyl groups is 1. The number of unbranched alkanes of at least 4 members (excludes halogenated alkanes) is 43. The highest BCUT2D eigenvalue weighted by Gasteiger charge is 2.30. The van der Waals surface area contributed by atoms with E-state index in [0.29, 0.717) is 25.7 Å². The molecule has 3 N–H and O–H groups in total. The number of hydrogen-bond donors (Lipinski definition) is 3. The fourth-order valence-electron chi connectivity index (χ4n) is 11.3. The van der Waals surface area contributed by atoms with E-state index in [4.69, 9.17) is 37.0 Å². The van der Waals surface area contributed by atoms with Crippen LogP contribution in [0.25, 0.3) is 0 Å². The van der Waals surface area contributed by atoms with Gasteiger partial charge in [-0.1, -0.05) is 330 Å². The lowest BCUT2D eigenvalue weighted by molar-refractivity contribution is -0.161. The van der Waals surface area contributed by atoms with Crippen molar-refractivity contribution >= 4 is 39.5 Å². The quantitative estimate of drug-likeness (QED) is 0.0222. The maximum atomic E-state index is 13.1. The number of aliphatic hydroxyl groups excluding tert-OH is 1. The van der Waals surface area contributed by atoms with E-state index in [-0.39, 0.29) is 25.7 Å². The predicted molar refractivity (Wildman–Crippen MR) is 377 cm³/mol. The van der Waals surface area contributed by atoms with E-state index in [1.165, 1.54) is 193 Å². The Labute approximate surface area is 568 Å². The second-order valence-electron chi connectivity index (χ2n) is 27.6. The number of rotatable bonds is 73. The van der Waals surface area contributed by atoms with E-state index in [1.54, 1.807) is 0 Å². The second kappa shape index (κ2) is 66.0. The maximum absolute atomic E-state index is 13.1. The van der Waals surface area contributed by atoms with Crippen molar-refractivity contribution < 1.29 is 80.2 Å². The summed E-state index contributed by atoms with van der Waals surface area (Å²) in [6, 6.07) is 0. The summed E-state index contributed by atoms with van der Waals surface area (Å²) in [4.78, 5) is 72.7. The highest BCUT2D eigenvalue weighted by atomic mass is 31.2. The van der Waals surface area contributed by atoms with Gasteiger partial charge < -0.3 is 33.8 Å². The van der Waals surface area contributed by atoms with Gasteiger partial charge in [0.15, 0.2) is 12.2 Å². The van der Waals surface area contributed by atoms with Gasteiger partial charge in [0, 0.05) is 25.7 Å². The Balaban J connectivity index is 5.22. The van der Waals surface area contributed by atoms with Gasteiger partial charge in [0.25, 0.3) is 0 Å². The Morgan fingerprint density at radius 1 is 0.290 bits per heavy atom. The van der Waals surface area contributed by atoms with Gasteiger partial charge in [-0.25, -0.2) is 9.13 Å². The largest absolute Gasteiger partial charge is 0.472 e. The minimum atomic E-state index is -4.95. The summed E-state index contributed by atoms with van der Waals surface area (Å²) in [5.41, 5.74) is 0. The minimum absolute atomic E-state index is 0.107. The van der Waals surface area contributed by atoms with Crippen molar-refractivity contribution in [2.45, 2.75) is 400 Å². The molecule has 0 spiro atoms. The lowest BCUT2D eigenvalue weighted by atomic mass is 10.0. The summed E-state index contributed by atoms with van der Waals surface area (Å²) in [5.74, 6) is -0.560. The molecule has 93 heavy (non-hydrogen) atoms. The number of hydrogen-bond acceptors (Lipinski definition) is 15. The molecule has 19 heteroatoms. The molecule has 552 valence electrons. The number of phosphoric ester groups is 2. The molecule has 0 bridgehead atoms. The molecule has 0 aromatic heterocycles. The molecular weight excluding hydrogens is 1220 g/mol. The van der Waals surface area contributed by atoms with Gasteiger partial charge in [-0.05, 0) is 37.5 Å². The molecule has 0 heterocycles. The molecule has 0 amide bonds. The van der Waals surface area contributed by atoms with Gasteiger partial charge in [0.05, 0.1) is 26.4 Å². The van der Waals surface area contributed by atoms with Gasteiger partial charge in [0.2, 0.25) is 0 Å². The van der Waals surface area contributed by atoms with Crippen LogP contribution in [0.1, 0.15) is 382 Å². The van der Waals surface area contributed by atoms with Gasteiger partial charge >= 0.3 is 39.5 Å². The molecule has 2 unspecified atom stereocenters. The minimum Gasteiger partial charge on any atom is -0.462 e. The fraction of sp³-hybridized carbons (Fsp3) is 0.946. The summed E-state index contributed by atoms with van der Waals surface area (Å²) in [7, 11) is -9.90. The molecule has 0 fully saturated rings. The Morgan fingerprint density at radius 3 is 0.731 bits per heavy atom. The van der Waals surface area contributed by atoms with Crippen LogP contribution in [0.2, 0.25) is 0 Å². The molecule has 0 aliphatic carbocycles. The maximum Gasteiger partial charge on any atom is 0.472 e. The van der Waals surface area contributed by atoms with E-state index in [9.17, 15) is 43.2 Å². The number of esters is 4. The van der Waals surface area contributed by atoms with Crippen LogP contribution in [-0.4, -0.2) is 96.7 Å². The van der Waals surface area contributed by atoms with Gasteiger partial charge in [-0.15, -0.1) is 0 Å². The fourth-order valence-corrected chi connectivity index (χ4v) is 12.9. The van der Waals surface area contributed by atoms with Crippen molar-refractivity contribution in [2.75, 3.05) is 39.6 Å². The molecule has 0 rings (SSSR count). The zero-order valence-corrected chi connectivity index (χ0v) is 62.3. The lowest BCUT2D eigenvalue weighted by Crippen LogP contribution is -2.30. The smallest absolute Gasteiger partial charge is 0.462 e. The van der Waals surface area contributed by atoms with Crippen molar-refractivity contribution in [3.63, 3.8) is 0 Å². The van der Waals surface area contributed by atoms with E-state index in [1.807, 2.05) is 0 Å². The van der Waals surface area contributed by atoms with E-state index in [0.717, 1.165) is 108 Å². The Hall–Kier alpha value is -1.94. The third-order valence-corrected chi connectivity index (χ3v) is 19.1. The molecule has 17 nitrogen and oxygen atoms in total. The van der Waals surface area contributed by atoms with Crippen molar-refractivity contribution in [2.24, 2.45) is 11.8 Å². The van der Waals surface area contributed by atoms with Crippen LogP contribution >= 0.6 is 15.6 Å². The summed E-state index contributed by atoms with van der Waals surface area (Å²) in [6.07, 6.45) is 52.6. The Morgan fingerprint density at radius 2 is 0.495 bits per heavy atom. The standard InChI is InChI=1S/C74H144O17P2/c1-7-9-11-13-15-17-18-19-20-21-29-34-40-46-52-58-73(78)90-69(62-84-71(76)56-50-44-38-16-14-12-10-8-2)64-88-92(80,81)86-60-68(75)61-87-93(82,83)89-65-70(91-74(79)59-53-47-41-35-30-25-23-27-32-37-43-49-55-67(5)6)63-85-72(77)57-51-45-39-33-28-24-22-26-31-36-42-48-54-66(3)4/h66-70,75H,7-65H2,1-6H3,(H,80,81)(H,82,83)/t68-,69+,70+/m0/s1.